The first-order valence-electron chi connectivity index (χ1n) is 11.5. The molecule has 2 aliphatic heterocycles. The number of piperidine rings is 1. The van der Waals surface area contributed by atoms with Crippen LogP contribution in [-0.4, -0.2) is 59.7 Å². The Balaban J connectivity index is 1.48. The van der Waals surface area contributed by atoms with Crippen molar-refractivity contribution in [1.82, 2.24) is 4.90 Å². The van der Waals surface area contributed by atoms with E-state index in [0.717, 1.165) is 56.1 Å². The van der Waals surface area contributed by atoms with Gasteiger partial charge in [0.2, 0.25) is 0 Å². The molecule has 6 atom stereocenters. The van der Waals surface area contributed by atoms with Gasteiger partial charge < -0.3 is 19.7 Å². The van der Waals surface area contributed by atoms with Crippen molar-refractivity contribution in [3.63, 3.8) is 0 Å². The molecule has 4 saturated carbocycles. The lowest BCUT2D eigenvalue weighted by Crippen LogP contribution is -2.81. The number of hydrogen-bond acceptors (Lipinski definition) is 5. The molecule has 7 aliphatic rings. The second-order valence-corrected chi connectivity index (χ2v) is 10.7. The van der Waals surface area contributed by atoms with Gasteiger partial charge >= 0.3 is 0 Å². The molecule has 8 rings (SSSR count). The summed E-state index contributed by atoms with van der Waals surface area (Å²) in [7, 11) is 1.71. The van der Waals surface area contributed by atoms with Gasteiger partial charge in [-0.05, 0) is 69.0 Å². The minimum atomic E-state index is -0.946. The van der Waals surface area contributed by atoms with Crippen molar-refractivity contribution in [2.75, 3.05) is 26.8 Å². The lowest BCUT2D eigenvalue weighted by molar-refractivity contribution is -0.272. The summed E-state index contributed by atoms with van der Waals surface area (Å²) in [4.78, 5) is 2.79. The standard InChI is InChI=1S/C24H31NO4/c1-28-17-5-4-15-10-18-22-6-7-24(27,16(11-22)13-26)21-23(22,19(15)20(17)29-21)8-9-25(18)12-14-2-3-14/h4-5,14,16,18,21,26-27H,2-3,6-13H2,1H3/t16-,18-,21-,22-,23+,24-/m1/s1. The molecule has 1 aromatic carbocycles. The van der Waals surface area contributed by atoms with Crippen LogP contribution in [0, 0.1) is 17.3 Å². The highest BCUT2D eigenvalue weighted by Gasteiger charge is 2.80. The molecule has 0 amide bonds. The quantitative estimate of drug-likeness (QED) is 0.816. The second kappa shape index (κ2) is 5.30. The van der Waals surface area contributed by atoms with Crippen molar-refractivity contribution in [3.8, 4) is 11.5 Å². The van der Waals surface area contributed by atoms with Gasteiger partial charge in [0.05, 0.1) is 7.11 Å². The SMILES string of the molecule is COc1ccc2c3c1O[C@H]1[C@@]4(O)CC[C@@]5(C[C@@H]4CO)[C@@H](C2)N(CC2CC2)CC[C@]315. The Morgan fingerprint density at radius 2 is 2.10 bits per heavy atom. The number of likely N-dealkylation sites (tertiary alicyclic amines) is 1. The Kier molecular flexibility index (Phi) is 3.18. The molecule has 0 radical (unpaired) electrons. The maximum Gasteiger partial charge on any atom is 0.165 e. The van der Waals surface area contributed by atoms with Crippen molar-refractivity contribution >= 4 is 0 Å². The lowest BCUT2D eigenvalue weighted by Gasteiger charge is -2.73. The molecule has 1 aromatic rings. The molecule has 2 N–H and O–H groups in total. The van der Waals surface area contributed by atoms with E-state index >= 15 is 0 Å². The number of ether oxygens (including phenoxy) is 2. The van der Waals surface area contributed by atoms with Crippen LogP contribution in [0.2, 0.25) is 0 Å². The van der Waals surface area contributed by atoms with Crippen LogP contribution in [-0.2, 0) is 11.8 Å². The third-order valence-electron chi connectivity index (χ3n) is 9.88. The van der Waals surface area contributed by atoms with Crippen molar-refractivity contribution in [2.24, 2.45) is 17.3 Å². The van der Waals surface area contributed by atoms with Crippen LogP contribution in [0.15, 0.2) is 12.1 Å². The van der Waals surface area contributed by atoms with Crippen LogP contribution in [0.5, 0.6) is 11.5 Å². The molecule has 5 heteroatoms. The van der Waals surface area contributed by atoms with Gasteiger partial charge in [0.15, 0.2) is 11.5 Å². The fraction of sp³-hybridized carbons (Fsp3) is 0.750. The van der Waals surface area contributed by atoms with E-state index in [9.17, 15) is 10.2 Å². The fourth-order valence-electron chi connectivity index (χ4n) is 8.56. The first-order valence-corrected chi connectivity index (χ1v) is 11.5. The molecule has 156 valence electrons. The number of hydrogen-bond donors (Lipinski definition) is 2. The molecular weight excluding hydrogens is 366 g/mol. The van der Waals surface area contributed by atoms with E-state index < -0.39 is 5.60 Å². The maximum atomic E-state index is 11.9. The number of aliphatic hydroxyl groups excluding tert-OH is 1. The first kappa shape index (κ1) is 17.4. The smallest absolute Gasteiger partial charge is 0.165 e. The number of nitrogens with zero attached hydrogens (tertiary/aromatic N) is 1. The number of methoxy groups -OCH3 is 1. The Morgan fingerprint density at radius 1 is 1.24 bits per heavy atom. The summed E-state index contributed by atoms with van der Waals surface area (Å²) in [5.41, 5.74) is 1.76. The largest absolute Gasteiger partial charge is 0.493 e. The van der Waals surface area contributed by atoms with E-state index in [1.807, 2.05) is 0 Å². The molecule has 5 aliphatic carbocycles. The lowest BCUT2D eigenvalue weighted by atomic mass is 9.35. The van der Waals surface area contributed by atoms with Gasteiger partial charge in [-0.3, -0.25) is 4.90 Å². The van der Waals surface area contributed by atoms with Gasteiger partial charge in [0.1, 0.15) is 11.7 Å². The van der Waals surface area contributed by atoms with E-state index in [1.54, 1.807) is 7.11 Å². The van der Waals surface area contributed by atoms with Crippen LogP contribution >= 0.6 is 0 Å². The second-order valence-electron chi connectivity index (χ2n) is 10.7. The third-order valence-corrected chi connectivity index (χ3v) is 9.88. The molecule has 4 bridgehead atoms. The average Bonchev–Trinajstić information content (AvgIpc) is 3.47. The van der Waals surface area contributed by atoms with Gasteiger partial charge in [-0.25, -0.2) is 0 Å². The molecule has 1 saturated heterocycles. The van der Waals surface area contributed by atoms with Crippen LogP contribution in [0.4, 0.5) is 0 Å². The summed E-state index contributed by atoms with van der Waals surface area (Å²) in [5, 5.41) is 22.2. The predicted molar refractivity (Wildman–Crippen MR) is 107 cm³/mol. The fourth-order valence-corrected chi connectivity index (χ4v) is 8.56. The van der Waals surface area contributed by atoms with Crippen molar-refractivity contribution in [1.29, 1.82) is 0 Å². The highest BCUT2D eigenvalue weighted by Crippen LogP contribution is 2.76. The molecule has 5 nitrogen and oxygen atoms in total. The zero-order valence-corrected chi connectivity index (χ0v) is 17.2. The molecule has 2 heterocycles. The van der Waals surface area contributed by atoms with Crippen LogP contribution in [0.1, 0.15) is 49.7 Å². The summed E-state index contributed by atoms with van der Waals surface area (Å²) < 4.78 is 12.4. The van der Waals surface area contributed by atoms with E-state index in [4.69, 9.17) is 9.47 Å². The average molecular weight is 398 g/mol. The number of rotatable bonds is 4. The topological polar surface area (TPSA) is 62.2 Å². The Bertz CT molecular complexity index is 899. The Labute approximate surface area is 172 Å². The number of benzene rings is 1. The summed E-state index contributed by atoms with van der Waals surface area (Å²) in [6, 6.07) is 4.80. The Morgan fingerprint density at radius 3 is 2.86 bits per heavy atom. The van der Waals surface area contributed by atoms with Crippen molar-refractivity contribution in [2.45, 2.75) is 68.1 Å². The minimum Gasteiger partial charge on any atom is -0.493 e. The Hall–Kier alpha value is -1.30. The molecule has 2 spiro atoms. The van der Waals surface area contributed by atoms with E-state index in [0.29, 0.717) is 6.04 Å². The molecule has 0 unspecified atom stereocenters. The summed E-state index contributed by atoms with van der Waals surface area (Å²) in [6.07, 6.45) is 7.31. The monoisotopic (exact) mass is 397 g/mol. The van der Waals surface area contributed by atoms with Gasteiger partial charge in [0, 0.05) is 41.5 Å². The third kappa shape index (κ3) is 1.78. The van der Waals surface area contributed by atoms with Crippen LogP contribution in [0.25, 0.3) is 0 Å². The highest BCUT2D eigenvalue weighted by molar-refractivity contribution is 5.63. The number of fused-ring (bicyclic) bond motifs is 2. The molecular formula is C24H31NO4. The van der Waals surface area contributed by atoms with E-state index in [1.165, 1.54) is 30.5 Å². The zero-order valence-electron chi connectivity index (χ0n) is 17.2. The summed E-state index contributed by atoms with van der Waals surface area (Å²) in [5.74, 6) is 2.46. The van der Waals surface area contributed by atoms with Crippen LogP contribution in [0.3, 0.4) is 0 Å². The zero-order chi connectivity index (χ0) is 19.6. The van der Waals surface area contributed by atoms with Gasteiger partial charge in [-0.1, -0.05) is 6.07 Å². The predicted octanol–water partition coefficient (Wildman–Crippen LogP) is 2.26. The van der Waals surface area contributed by atoms with Crippen LogP contribution < -0.4 is 9.47 Å². The number of aliphatic hydroxyl groups is 2. The van der Waals surface area contributed by atoms with E-state index in [-0.39, 0.29) is 29.5 Å². The molecule has 0 aromatic heterocycles. The van der Waals surface area contributed by atoms with Gasteiger partial charge in [0.25, 0.3) is 0 Å². The molecule has 29 heavy (non-hydrogen) atoms. The van der Waals surface area contributed by atoms with Crippen molar-refractivity contribution < 1.29 is 19.7 Å². The normalized spacial score (nSPS) is 46.4. The van der Waals surface area contributed by atoms with Gasteiger partial charge in [-0.2, -0.15) is 0 Å². The van der Waals surface area contributed by atoms with Gasteiger partial charge in [-0.15, -0.1) is 0 Å². The summed E-state index contributed by atoms with van der Waals surface area (Å²) in [6.45, 7) is 2.36. The maximum absolute atomic E-state index is 11.9. The minimum absolute atomic E-state index is 0.0455. The first-order chi connectivity index (χ1) is 14.1. The highest BCUT2D eigenvalue weighted by atomic mass is 16.5. The van der Waals surface area contributed by atoms with Crippen molar-refractivity contribution in [3.05, 3.63) is 23.3 Å². The van der Waals surface area contributed by atoms with E-state index in [2.05, 4.69) is 17.0 Å². The molecule has 5 fully saturated rings. The summed E-state index contributed by atoms with van der Waals surface area (Å²) >= 11 is 0.